The van der Waals surface area contributed by atoms with Crippen LogP contribution in [0.5, 0.6) is 0 Å². The van der Waals surface area contributed by atoms with Crippen LogP contribution in [0.15, 0.2) is 22.8 Å². The quantitative estimate of drug-likeness (QED) is 0.886. The van der Waals surface area contributed by atoms with E-state index in [1.54, 1.807) is 6.20 Å². The van der Waals surface area contributed by atoms with Gasteiger partial charge < -0.3 is 5.73 Å². The Morgan fingerprint density at radius 1 is 1.54 bits per heavy atom. The first-order valence-electron chi connectivity index (χ1n) is 4.47. The van der Waals surface area contributed by atoms with Crippen LogP contribution >= 0.6 is 15.9 Å². The largest absolute Gasteiger partial charge is 0.323 e. The molecule has 1 aromatic heterocycles. The molecule has 0 saturated carbocycles. The summed E-state index contributed by atoms with van der Waals surface area (Å²) in [6, 6.07) is 3.91. The predicted molar refractivity (Wildman–Crippen MR) is 58.3 cm³/mol. The van der Waals surface area contributed by atoms with Gasteiger partial charge in [0.2, 0.25) is 0 Å². The summed E-state index contributed by atoms with van der Waals surface area (Å²) >= 11 is 3.44. The summed E-state index contributed by atoms with van der Waals surface area (Å²) in [5.74, 6) is 0.601. The van der Waals surface area contributed by atoms with Gasteiger partial charge in [0.15, 0.2) is 0 Å². The fourth-order valence-electron chi connectivity index (χ4n) is 1.29. The molecule has 0 bridgehead atoms. The van der Waals surface area contributed by atoms with Crippen LogP contribution in [0.2, 0.25) is 0 Å². The number of nitrogens with two attached hydrogens (primary N) is 1. The van der Waals surface area contributed by atoms with Crippen molar-refractivity contribution >= 4 is 15.9 Å². The molecule has 1 unspecified atom stereocenters. The highest BCUT2D eigenvalue weighted by atomic mass is 79.9. The Morgan fingerprint density at radius 2 is 2.23 bits per heavy atom. The third kappa shape index (κ3) is 3.08. The molecule has 0 spiro atoms. The number of halogens is 1. The maximum absolute atomic E-state index is 6.00. The van der Waals surface area contributed by atoms with Gasteiger partial charge in [-0.1, -0.05) is 13.8 Å². The molecular weight excluding hydrogens is 228 g/mol. The van der Waals surface area contributed by atoms with Crippen molar-refractivity contribution in [1.82, 2.24) is 4.98 Å². The molecule has 3 heteroatoms. The zero-order chi connectivity index (χ0) is 9.84. The summed E-state index contributed by atoms with van der Waals surface area (Å²) in [7, 11) is 0. The number of hydrogen-bond acceptors (Lipinski definition) is 2. The molecule has 13 heavy (non-hydrogen) atoms. The molecule has 0 amide bonds. The Balaban J connectivity index is 2.76. The highest BCUT2D eigenvalue weighted by molar-refractivity contribution is 9.10. The van der Waals surface area contributed by atoms with E-state index < -0.39 is 0 Å². The van der Waals surface area contributed by atoms with Crippen LogP contribution in [-0.2, 0) is 0 Å². The van der Waals surface area contributed by atoms with Crippen LogP contribution < -0.4 is 5.73 Å². The third-order valence-electron chi connectivity index (χ3n) is 1.86. The average molecular weight is 243 g/mol. The van der Waals surface area contributed by atoms with Gasteiger partial charge in [-0.05, 0) is 40.4 Å². The number of aromatic nitrogens is 1. The van der Waals surface area contributed by atoms with Gasteiger partial charge in [-0.15, -0.1) is 0 Å². The van der Waals surface area contributed by atoms with Gasteiger partial charge in [-0.3, -0.25) is 4.98 Å². The summed E-state index contributed by atoms with van der Waals surface area (Å²) in [5, 5.41) is 0. The van der Waals surface area contributed by atoms with Crippen molar-refractivity contribution < 1.29 is 0 Å². The molecule has 2 nitrogen and oxygen atoms in total. The zero-order valence-electron chi connectivity index (χ0n) is 8.00. The highest BCUT2D eigenvalue weighted by Gasteiger charge is 2.11. The van der Waals surface area contributed by atoms with Crippen LogP contribution in [0.25, 0.3) is 0 Å². The first-order chi connectivity index (χ1) is 6.11. The van der Waals surface area contributed by atoms with E-state index in [1.165, 1.54) is 0 Å². The maximum atomic E-state index is 6.00. The molecule has 1 aromatic rings. The third-order valence-corrected chi connectivity index (χ3v) is 2.53. The molecule has 0 fully saturated rings. The molecule has 0 aliphatic rings. The molecule has 0 aliphatic heterocycles. The van der Waals surface area contributed by atoms with E-state index in [0.29, 0.717) is 5.92 Å². The SMILES string of the molecule is CC(C)CC(N)c1ncccc1Br. The normalized spacial score (nSPS) is 13.3. The van der Waals surface area contributed by atoms with Crippen LogP contribution in [-0.4, -0.2) is 4.98 Å². The second kappa shape index (κ2) is 4.72. The number of nitrogens with zero attached hydrogens (tertiary/aromatic N) is 1. The Hall–Kier alpha value is -0.410. The van der Waals surface area contributed by atoms with Gasteiger partial charge in [-0.25, -0.2) is 0 Å². The molecule has 0 aliphatic carbocycles. The molecule has 72 valence electrons. The van der Waals surface area contributed by atoms with Crippen molar-refractivity contribution in [2.24, 2.45) is 11.7 Å². The van der Waals surface area contributed by atoms with Gasteiger partial charge in [0.05, 0.1) is 5.69 Å². The molecule has 0 aromatic carbocycles. The topological polar surface area (TPSA) is 38.9 Å². The summed E-state index contributed by atoms with van der Waals surface area (Å²) in [4.78, 5) is 4.26. The summed E-state index contributed by atoms with van der Waals surface area (Å²) in [5.41, 5.74) is 6.96. The van der Waals surface area contributed by atoms with Crippen molar-refractivity contribution in [2.45, 2.75) is 26.3 Å². The van der Waals surface area contributed by atoms with E-state index in [-0.39, 0.29) is 6.04 Å². The van der Waals surface area contributed by atoms with Crippen LogP contribution in [0.1, 0.15) is 32.0 Å². The first-order valence-corrected chi connectivity index (χ1v) is 5.26. The minimum Gasteiger partial charge on any atom is -0.323 e. The standard InChI is InChI=1S/C10H15BrN2/c1-7(2)6-9(12)10-8(11)4-3-5-13-10/h3-5,7,9H,6,12H2,1-2H3. The fraction of sp³-hybridized carbons (Fsp3) is 0.500. The van der Waals surface area contributed by atoms with Crippen LogP contribution in [0.4, 0.5) is 0 Å². The van der Waals surface area contributed by atoms with Gasteiger partial charge in [0.25, 0.3) is 0 Å². The van der Waals surface area contributed by atoms with Gasteiger partial charge >= 0.3 is 0 Å². The molecule has 1 rings (SSSR count). The summed E-state index contributed by atoms with van der Waals surface area (Å²) in [6.07, 6.45) is 2.75. The van der Waals surface area contributed by atoms with E-state index in [4.69, 9.17) is 5.73 Å². The van der Waals surface area contributed by atoms with E-state index >= 15 is 0 Å². The van der Waals surface area contributed by atoms with Crippen LogP contribution in [0.3, 0.4) is 0 Å². The number of pyridine rings is 1. The second-order valence-corrected chi connectivity index (χ2v) is 4.46. The monoisotopic (exact) mass is 242 g/mol. The molecule has 0 radical (unpaired) electrons. The zero-order valence-corrected chi connectivity index (χ0v) is 9.58. The van der Waals surface area contributed by atoms with E-state index in [0.717, 1.165) is 16.6 Å². The lowest BCUT2D eigenvalue weighted by atomic mass is 10.0. The van der Waals surface area contributed by atoms with Gasteiger partial charge in [0, 0.05) is 16.7 Å². The summed E-state index contributed by atoms with van der Waals surface area (Å²) < 4.78 is 1.00. The van der Waals surface area contributed by atoms with Crippen LogP contribution in [0, 0.1) is 5.92 Å². The second-order valence-electron chi connectivity index (χ2n) is 3.61. The molecular formula is C10H15BrN2. The van der Waals surface area contributed by atoms with Crippen molar-refractivity contribution in [3.05, 3.63) is 28.5 Å². The minimum absolute atomic E-state index is 0.0376. The van der Waals surface area contributed by atoms with Gasteiger partial charge in [-0.2, -0.15) is 0 Å². The predicted octanol–water partition coefficient (Wildman–Crippen LogP) is 2.89. The number of rotatable bonds is 3. The lowest BCUT2D eigenvalue weighted by molar-refractivity contribution is 0.501. The Morgan fingerprint density at radius 3 is 2.77 bits per heavy atom. The van der Waals surface area contributed by atoms with E-state index in [2.05, 4.69) is 34.8 Å². The van der Waals surface area contributed by atoms with E-state index in [9.17, 15) is 0 Å². The van der Waals surface area contributed by atoms with Crippen molar-refractivity contribution in [3.63, 3.8) is 0 Å². The van der Waals surface area contributed by atoms with Crippen molar-refractivity contribution in [3.8, 4) is 0 Å². The molecule has 1 atom stereocenters. The summed E-state index contributed by atoms with van der Waals surface area (Å²) in [6.45, 7) is 4.33. The molecule has 0 saturated heterocycles. The Bertz CT molecular complexity index is 273. The molecule has 2 N–H and O–H groups in total. The van der Waals surface area contributed by atoms with Crippen molar-refractivity contribution in [2.75, 3.05) is 0 Å². The average Bonchev–Trinajstić information content (AvgIpc) is 2.03. The Labute approximate surface area is 87.7 Å². The lowest BCUT2D eigenvalue weighted by Gasteiger charge is -2.14. The highest BCUT2D eigenvalue weighted by Crippen LogP contribution is 2.23. The van der Waals surface area contributed by atoms with Crippen molar-refractivity contribution in [1.29, 1.82) is 0 Å². The fourth-order valence-corrected chi connectivity index (χ4v) is 1.84. The maximum Gasteiger partial charge on any atom is 0.0712 e. The number of hydrogen-bond donors (Lipinski definition) is 1. The minimum atomic E-state index is 0.0376. The smallest absolute Gasteiger partial charge is 0.0712 e. The first kappa shape index (κ1) is 10.7. The lowest BCUT2D eigenvalue weighted by Crippen LogP contribution is -2.14. The van der Waals surface area contributed by atoms with Gasteiger partial charge in [0.1, 0.15) is 0 Å². The van der Waals surface area contributed by atoms with E-state index in [1.807, 2.05) is 12.1 Å². The molecule has 1 heterocycles. The Kier molecular flexibility index (Phi) is 3.88.